The van der Waals surface area contributed by atoms with Gasteiger partial charge in [0, 0.05) is 14.2 Å². The molecule has 1 N–H and O–H groups in total. The lowest BCUT2D eigenvalue weighted by Crippen LogP contribution is -2.38. The highest BCUT2D eigenvalue weighted by molar-refractivity contribution is 5.74. The molecule has 0 saturated carbocycles. The lowest BCUT2D eigenvalue weighted by Gasteiger charge is -2.20. The van der Waals surface area contributed by atoms with Gasteiger partial charge >= 0.3 is 6.03 Å². The molecule has 0 radical (unpaired) electrons. The molecular formula is C17H21FN4O3. The SMILES string of the molecule is CO[C@H](C)c1noc(CN(C)C(=O)N[C@@H]2CCc3c(F)cccc32)n1. The number of nitrogens with zero attached hydrogens (tertiary/aromatic N) is 3. The first kappa shape index (κ1) is 17.3. The monoisotopic (exact) mass is 348 g/mol. The van der Waals surface area contributed by atoms with E-state index in [9.17, 15) is 9.18 Å². The molecule has 2 aromatic rings. The molecule has 0 unspecified atom stereocenters. The first-order valence-corrected chi connectivity index (χ1v) is 8.13. The molecule has 1 aromatic carbocycles. The molecule has 0 fully saturated rings. The molecule has 0 spiro atoms. The minimum absolute atomic E-state index is 0.179. The van der Waals surface area contributed by atoms with Crippen LogP contribution < -0.4 is 5.32 Å². The quantitative estimate of drug-likeness (QED) is 0.899. The van der Waals surface area contributed by atoms with Gasteiger partial charge in [0.25, 0.3) is 0 Å². The molecule has 8 heteroatoms. The van der Waals surface area contributed by atoms with E-state index in [0.29, 0.717) is 30.1 Å². The lowest BCUT2D eigenvalue weighted by atomic mass is 10.1. The van der Waals surface area contributed by atoms with Crippen LogP contribution in [-0.2, 0) is 17.7 Å². The van der Waals surface area contributed by atoms with Crippen molar-refractivity contribution in [3.63, 3.8) is 0 Å². The van der Waals surface area contributed by atoms with Crippen molar-refractivity contribution in [3.8, 4) is 0 Å². The molecule has 2 atom stereocenters. The van der Waals surface area contributed by atoms with E-state index in [0.717, 1.165) is 5.56 Å². The number of fused-ring (bicyclic) bond motifs is 1. The van der Waals surface area contributed by atoms with Gasteiger partial charge in [0.05, 0.1) is 6.04 Å². The molecule has 1 aliphatic rings. The van der Waals surface area contributed by atoms with Crippen molar-refractivity contribution < 1.29 is 18.4 Å². The van der Waals surface area contributed by atoms with E-state index in [1.165, 1.54) is 11.0 Å². The Labute approximate surface area is 145 Å². The third kappa shape index (κ3) is 3.63. The number of rotatable bonds is 5. The predicted molar refractivity (Wildman–Crippen MR) is 87.2 cm³/mol. The number of urea groups is 1. The molecule has 2 amide bonds. The van der Waals surface area contributed by atoms with Gasteiger partial charge < -0.3 is 19.5 Å². The van der Waals surface area contributed by atoms with Gasteiger partial charge in [-0.1, -0.05) is 17.3 Å². The highest BCUT2D eigenvalue weighted by atomic mass is 19.1. The van der Waals surface area contributed by atoms with Crippen LogP contribution in [0.15, 0.2) is 22.7 Å². The second kappa shape index (κ2) is 7.18. The Balaban J connectivity index is 1.61. The summed E-state index contributed by atoms with van der Waals surface area (Å²) in [6.45, 7) is 1.99. The number of carbonyl (C=O) groups excluding carboxylic acids is 1. The van der Waals surface area contributed by atoms with Gasteiger partial charge in [-0.3, -0.25) is 0 Å². The average molecular weight is 348 g/mol. The van der Waals surface area contributed by atoms with E-state index in [1.807, 2.05) is 13.0 Å². The van der Waals surface area contributed by atoms with E-state index >= 15 is 0 Å². The molecule has 0 saturated heterocycles. The fraction of sp³-hybridized carbons (Fsp3) is 0.471. The van der Waals surface area contributed by atoms with Gasteiger partial charge in [-0.2, -0.15) is 4.98 Å². The van der Waals surface area contributed by atoms with Crippen LogP contribution in [0.2, 0.25) is 0 Å². The largest absolute Gasteiger partial charge is 0.374 e. The van der Waals surface area contributed by atoms with Crippen LogP contribution in [0.5, 0.6) is 0 Å². The molecule has 0 bridgehead atoms. The topological polar surface area (TPSA) is 80.5 Å². The first-order chi connectivity index (χ1) is 12.0. The highest BCUT2D eigenvalue weighted by Crippen LogP contribution is 2.32. The number of hydrogen-bond donors (Lipinski definition) is 1. The van der Waals surface area contributed by atoms with Crippen LogP contribution >= 0.6 is 0 Å². The third-order valence-corrected chi connectivity index (χ3v) is 4.43. The second-order valence-corrected chi connectivity index (χ2v) is 6.13. The summed E-state index contributed by atoms with van der Waals surface area (Å²) < 4.78 is 24.0. The van der Waals surface area contributed by atoms with Gasteiger partial charge in [0.1, 0.15) is 18.5 Å². The zero-order chi connectivity index (χ0) is 18.0. The molecule has 7 nitrogen and oxygen atoms in total. The molecule has 0 aliphatic heterocycles. The maximum Gasteiger partial charge on any atom is 0.318 e. The minimum atomic E-state index is -0.276. The van der Waals surface area contributed by atoms with Crippen LogP contribution in [0.1, 0.15) is 48.3 Å². The molecule has 1 heterocycles. The van der Waals surface area contributed by atoms with Crippen molar-refractivity contribution >= 4 is 6.03 Å². The Morgan fingerprint density at radius 2 is 2.36 bits per heavy atom. The summed E-state index contributed by atoms with van der Waals surface area (Å²) in [5.41, 5.74) is 1.53. The summed E-state index contributed by atoms with van der Waals surface area (Å²) in [7, 11) is 3.20. The van der Waals surface area contributed by atoms with E-state index < -0.39 is 0 Å². The van der Waals surface area contributed by atoms with E-state index in [1.54, 1.807) is 20.2 Å². The number of ether oxygens (including phenoxy) is 1. The van der Waals surface area contributed by atoms with Crippen molar-refractivity contribution in [3.05, 3.63) is 46.9 Å². The van der Waals surface area contributed by atoms with Gasteiger partial charge in [-0.25, -0.2) is 9.18 Å². The number of halogens is 1. The molecule has 3 rings (SSSR count). The molecule has 134 valence electrons. The number of hydrogen-bond acceptors (Lipinski definition) is 5. The van der Waals surface area contributed by atoms with Crippen molar-refractivity contribution in [1.82, 2.24) is 20.4 Å². The Kier molecular flexibility index (Phi) is 4.98. The van der Waals surface area contributed by atoms with Crippen molar-refractivity contribution in [2.75, 3.05) is 14.2 Å². The fourth-order valence-corrected chi connectivity index (χ4v) is 2.90. The predicted octanol–water partition coefficient (Wildman–Crippen LogP) is 2.75. The van der Waals surface area contributed by atoms with Gasteiger partial charge in [0.2, 0.25) is 5.89 Å². The maximum absolute atomic E-state index is 13.8. The summed E-state index contributed by atoms with van der Waals surface area (Å²) in [6.07, 6.45) is 1.03. The molecular weight excluding hydrogens is 327 g/mol. The van der Waals surface area contributed by atoms with Crippen molar-refractivity contribution in [1.29, 1.82) is 0 Å². The van der Waals surface area contributed by atoms with E-state index in [2.05, 4.69) is 15.5 Å². The van der Waals surface area contributed by atoms with Crippen LogP contribution in [0.4, 0.5) is 9.18 Å². The third-order valence-electron chi connectivity index (χ3n) is 4.43. The van der Waals surface area contributed by atoms with E-state index in [-0.39, 0.29) is 30.5 Å². The number of carbonyl (C=O) groups is 1. The summed E-state index contributed by atoms with van der Waals surface area (Å²) >= 11 is 0. The number of nitrogens with one attached hydrogen (secondary N) is 1. The smallest absolute Gasteiger partial charge is 0.318 e. The standard InChI is InChI=1S/C17H21FN4O3/c1-10(24-3)16-20-15(25-21-16)9-22(2)17(23)19-14-8-7-11-12(14)5-4-6-13(11)18/h4-6,10,14H,7-9H2,1-3H3,(H,19,23)/t10-,14-/m1/s1. The molecule has 25 heavy (non-hydrogen) atoms. The number of amides is 2. The second-order valence-electron chi connectivity index (χ2n) is 6.13. The number of aromatic nitrogens is 2. The average Bonchev–Trinajstić information content (AvgIpc) is 3.22. The Morgan fingerprint density at radius 1 is 1.56 bits per heavy atom. The van der Waals surface area contributed by atoms with Crippen LogP contribution in [0.3, 0.4) is 0 Å². The molecule has 1 aromatic heterocycles. The summed E-state index contributed by atoms with van der Waals surface area (Å²) in [5.74, 6) is 0.550. The Hall–Kier alpha value is -2.48. The van der Waals surface area contributed by atoms with Gasteiger partial charge in [0.15, 0.2) is 5.82 Å². The van der Waals surface area contributed by atoms with Crippen LogP contribution in [0, 0.1) is 5.82 Å². The minimum Gasteiger partial charge on any atom is -0.374 e. The lowest BCUT2D eigenvalue weighted by molar-refractivity contribution is 0.109. The zero-order valence-corrected chi connectivity index (χ0v) is 14.5. The van der Waals surface area contributed by atoms with Crippen molar-refractivity contribution in [2.45, 2.75) is 38.5 Å². The normalized spacial score (nSPS) is 17.2. The molecule has 1 aliphatic carbocycles. The van der Waals surface area contributed by atoms with Crippen LogP contribution in [0.25, 0.3) is 0 Å². The Bertz CT molecular complexity index is 764. The van der Waals surface area contributed by atoms with Crippen molar-refractivity contribution in [2.24, 2.45) is 0 Å². The fourth-order valence-electron chi connectivity index (χ4n) is 2.90. The van der Waals surface area contributed by atoms with Crippen LogP contribution in [-0.4, -0.2) is 35.2 Å². The Morgan fingerprint density at radius 3 is 3.12 bits per heavy atom. The zero-order valence-electron chi connectivity index (χ0n) is 14.5. The van der Waals surface area contributed by atoms with Gasteiger partial charge in [-0.05, 0) is 37.0 Å². The summed E-state index contributed by atoms with van der Waals surface area (Å²) in [4.78, 5) is 18.1. The maximum atomic E-state index is 13.8. The number of benzene rings is 1. The first-order valence-electron chi connectivity index (χ1n) is 8.13. The summed E-state index contributed by atoms with van der Waals surface area (Å²) in [5, 5.41) is 6.76. The highest BCUT2D eigenvalue weighted by Gasteiger charge is 2.27. The summed E-state index contributed by atoms with van der Waals surface area (Å²) in [6, 6.07) is 4.50. The number of methoxy groups -OCH3 is 1. The van der Waals surface area contributed by atoms with Gasteiger partial charge in [-0.15, -0.1) is 0 Å². The van der Waals surface area contributed by atoms with E-state index in [4.69, 9.17) is 9.26 Å².